The average molecular weight is 292 g/mol. The van der Waals surface area contributed by atoms with E-state index in [0.29, 0.717) is 13.0 Å². The Morgan fingerprint density at radius 3 is 2.23 bits per heavy atom. The SMILES string of the molecule is OCCc1ccc(OCCc2ccccc2)c2ccccc12. The number of hydrogen-bond donors (Lipinski definition) is 1. The van der Waals surface area contributed by atoms with E-state index in [-0.39, 0.29) is 6.61 Å². The Balaban J connectivity index is 1.78. The summed E-state index contributed by atoms with van der Waals surface area (Å²) in [6, 6.07) is 22.6. The van der Waals surface area contributed by atoms with Gasteiger partial charge in [0.25, 0.3) is 0 Å². The van der Waals surface area contributed by atoms with Crippen LogP contribution in [0.4, 0.5) is 0 Å². The lowest BCUT2D eigenvalue weighted by atomic mass is 10.0. The molecule has 0 saturated heterocycles. The minimum absolute atomic E-state index is 0.165. The summed E-state index contributed by atoms with van der Waals surface area (Å²) < 4.78 is 5.99. The highest BCUT2D eigenvalue weighted by Gasteiger charge is 2.06. The Kier molecular flexibility index (Phi) is 4.71. The van der Waals surface area contributed by atoms with Gasteiger partial charge >= 0.3 is 0 Å². The van der Waals surface area contributed by atoms with Crippen molar-refractivity contribution in [3.8, 4) is 5.75 Å². The summed E-state index contributed by atoms with van der Waals surface area (Å²) in [7, 11) is 0. The first-order valence-corrected chi connectivity index (χ1v) is 7.66. The quantitative estimate of drug-likeness (QED) is 0.744. The molecule has 0 fully saturated rings. The molecule has 0 aliphatic rings. The Labute approximate surface area is 131 Å². The van der Waals surface area contributed by atoms with E-state index in [0.717, 1.165) is 28.5 Å². The molecule has 0 radical (unpaired) electrons. The van der Waals surface area contributed by atoms with Crippen molar-refractivity contribution in [3.63, 3.8) is 0 Å². The van der Waals surface area contributed by atoms with Gasteiger partial charge in [0.2, 0.25) is 0 Å². The highest BCUT2D eigenvalue weighted by atomic mass is 16.5. The summed E-state index contributed by atoms with van der Waals surface area (Å²) in [6.45, 7) is 0.825. The Bertz CT molecular complexity index is 735. The molecule has 3 aromatic rings. The van der Waals surface area contributed by atoms with E-state index < -0.39 is 0 Å². The van der Waals surface area contributed by atoms with E-state index in [1.807, 2.05) is 24.3 Å². The lowest BCUT2D eigenvalue weighted by Crippen LogP contribution is -2.02. The normalized spacial score (nSPS) is 10.8. The van der Waals surface area contributed by atoms with Gasteiger partial charge in [-0.3, -0.25) is 0 Å². The highest BCUT2D eigenvalue weighted by molar-refractivity contribution is 5.91. The largest absolute Gasteiger partial charge is 0.493 e. The molecule has 3 aromatic carbocycles. The van der Waals surface area contributed by atoms with E-state index in [2.05, 4.69) is 42.5 Å². The average Bonchev–Trinajstić information content (AvgIpc) is 2.58. The molecule has 2 nitrogen and oxygen atoms in total. The molecule has 0 unspecified atom stereocenters. The zero-order chi connectivity index (χ0) is 15.2. The molecule has 0 heterocycles. The maximum Gasteiger partial charge on any atom is 0.127 e. The molecule has 1 N–H and O–H groups in total. The van der Waals surface area contributed by atoms with Gasteiger partial charge in [-0.15, -0.1) is 0 Å². The van der Waals surface area contributed by atoms with Crippen molar-refractivity contribution < 1.29 is 9.84 Å². The van der Waals surface area contributed by atoms with Crippen LogP contribution in [0.15, 0.2) is 66.7 Å². The lowest BCUT2D eigenvalue weighted by Gasteiger charge is -2.12. The fourth-order valence-electron chi connectivity index (χ4n) is 2.72. The second-order valence-corrected chi connectivity index (χ2v) is 5.33. The Morgan fingerprint density at radius 2 is 1.45 bits per heavy atom. The number of benzene rings is 3. The third kappa shape index (κ3) is 3.29. The summed E-state index contributed by atoms with van der Waals surface area (Å²) in [6.07, 6.45) is 1.57. The van der Waals surface area contributed by atoms with Crippen LogP contribution in [0.25, 0.3) is 10.8 Å². The molecule has 0 spiro atoms. The highest BCUT2D eigenvalue weighted by Crippen LogP contribution is 2.29. The summed E-state index contributed by atoms with van der Waals surface area (Å²) in [5.41, 5.74) is 2.44. The van der Waals surface area contributed by atoms with E-state index >= 15 is 0 Å². The first kappa shape index (κ1) is 14.6. The summed E-state index contributed by atoms with van der Waals surface area (Å²) >= 11 is 0. The molecule has 0 bridgehead atoms. The molecular formula is C20H20O2. The maximum absolute atomic E-state index is 9.18. The Morgan fingerprint density at radius 1 is 0.727 bits per heavy atom. The summed E-state index contributed by atoms with van der Waals surface area (Å²) in [5.74, 6) is 0.910. The van der Waals surface area contributed by atoms with E-state index in [1.165, 1.54) is 5.56 Å². The summed E-state index contributed by atoms with van der Waals surface area (Å²) in [4.78, 5) is 0. The smallest absolute Gasteiger partial charge is 0.127 e. The maximum atomic E-state index is 9.18. The number of aliphatic hydroxyl groups excluding tert-OH is 1. The van der Waals surface area contributed by atoms with Gasteiger partial charge in [-0.25, -0.2) is 0 Å². The van der Waals surface area contributed by atoms with Crippen LogP contribution in [0.2, 0.25) is 0 Å². The van der Waals surface area contributed by atoms with Crippen LogP contribution in [-0.2, 0) is 12.8 Å². The van der Waals surface area contributed by atoms with Crippen molar-refractivity contribution >= 4 is 10.8 Å². The molecule has 0 aliphatic carbocycles. The van der Waals surface area contributed by atoms with Crippen molar-refractivity contribution in [2.75, 3.05) is 13.2 Å². The van der Waals surface area contributed by atoms with Gasteiger partial charge in [0.05, 0.1) is 6.61 Å². The first-order chi connectivity index (χ1) is 10.9. The molecule has 0 aromatic heterocycles. The fourth-order valence-corrected chi connectivity index (χ4v) is 2.72. The third-order valence-electron chi connectivity index (χ3n) is 3.85. The molecule has 2 heteroatoms. The fraction of sp³-hybridized carbons (Fsp3) is 0.200. The Hall–Kier alpha value is -2.32. The van der Waals surface area contributed by atoms with Gasteiger partial charge in [-0.05, 0) is 29.0 Å². The van der Waals surface area contributed by atoms with E-state index in [1.54, 1.807) is 0 Å². The van der Waals surface area contributed by atoms with Crippen LogP contribution in [0, 0.1) is 0 Å². The van der Waals surface area contributed by atoms with Crippen molar-refractivity contribution in [3.05, 3.63) is 77.9 Å². The standard InChI is InChI=1S/C20H20O2/c21-14-12-17-10-11-20(19-9-5-4-8-18(17)19)22-15-13-16-6-2-1-3-7-16/h1-11,21H,12-15H2. The molecule has 112 valence electrons. The lowest BCUT2D eigenvalue weighted by molar-refractivity contribution is 0.300. The molecule has 0 atom stereocenters. The van der Waals surface area contributed by atoms with Gasteiger partial charge in [-0.2, -0.15) is 0 Å². The van der Waals surface area contributed by atoms with Crippen molar-refractivity contribution in [1.29, 1.82) is 0 Å². The zero-order valence-corrected chi connectivity index (χ0v) is 12.5. The predicted molar refractivity (Wildman–Crippen MR) is 90.4 cm³/mol. The van der Waals surface area contributed by atoms with Gasteiger partial charge < -0.3 is 9.84 Å². The summed E-state index contributed by atoms with van der Waals surface area (Å²) in [5, 5.41) is 11.5. The number of aliphatic hydroxyl groups is 1. The number of rotatable bonds is 6. The van der Waals surface area contributed by atoms with Gasteiger partial charge in [-0.1, -0.05) is 60.7 Å². The van der Waals surface area contributed by atoms with Crippen LogP contribution < -0.4 is 4.74 Å². The van der Waals surface area contributed by atoms with Gasteiger partial charge in [0.1, 0.15) is 5.75 Å². The number of fused-ring (bicyclic) bond motifs is 1. The van der Waals surface area contributed by atoms with Crippen molar-refractivity contribution in [2.24, 2.45) is 0 Å². The van der Waals surface area contributed by atoms with Crippen molar-refractivity contribution in [1.82, 2.24) is 0 Å². The second-order valence-electron chi connectivity index (χ2n) is 5.33. The predicted octanol–water partition coefficient (Wildman–Crippen LogP) is 4.00. The molecule has 0 saturated carbocycles. The molecule has 22 heavy (non-hydrogen) atoms. The third-order valence-corrected chi connectivity index (χ3v) is 3.85. The topological polar surface area (TPSA) is 29.5 Å². The van der Waals surface area contributed by atoms with Gasteiger partial charge in [0, 0.05) is 18.4 Å². The number of hydrogen-bond acceptors (Lipinski definition) is 2. The number of ether oxygens (including phenoxy) is 1. The van der Waals surface area contributed by atoms with E-state index in [9.17, 15) is 5.11 Å². The van der Waals surface area contributed by atoms with Crippen LogP contribution in [0.1, 0.15) is 11.1 Å². The monoisotopic (exact) mass is 292 g/mol. The minimum atomic E-state index is 0.165. The van der Waals surface area contributed by atoms with Crippen LogP contribution in [0.5, 0.6) is 5.75 Å². The van der Waals surface area contributed by atoms with Crippen LogP contribution in [-0.4, -0.2) is 18.3 Å². The van der Waals surface area contributed by atoms with Crippen LogP contribution >= 0.6 is 0 Å². The molecule has 3 rings (SSSR count). The molecular weight excluding hydrogens is 272 g/mol. The van der Waals surface area contributed by atoms with E-state index in [4.69, 9.17) is 4.74 Å². The second kappa shape index (κ2) is 7.10. The van der Waals surface area contributed by atoms with Crippen molar-refractivity contribution in [2.45, 2.75) is 12.8 Å². The zero-order valence-electron chi connectivity index (χ0n) is 12.5. The van der Waals surface area contributed by atoms with Gasteiger partial charge in [0.15, 0.2) is 0 Å². The molecule has 0 amide bonds. The molecule has 0 aliphatic heterocycles. The first-order valence-electron chi connectivity index (χ1n) is 7.66. The van der Waals surface area contributed by atoms with Crippen LogP contribution in [0.3, 0.4) is 0 Å². The minimum Gasteiger partial charge on any atom is -0.493 e.